The monoisotopic (exact) mass is 345 g/mol. The Morgan fingerprint density at radius 1 is 1.28 bits per heavy atom. The van der Waals surface area contributed by atoms with Crippen LogP contribution in [0.3, 0.4) is 0 Å². The first-order valence-electron chi connectivity index (χ1n) is 8.42. The minimum Gasteiger partial charge on any atom is -0.351 e. The quantitative estimate of drug-likeness (QED) is 0.904. The van der Waals surface area contributed by atoms with E-state index in [9.17, 15) is 13.6 Å². The Balaban J connectivity index is 1.76. The molecule has 2 heterocycles. The van der Waals surface area contributed by atoms with E-state index in [1.54, 1.807) is 6.07 Å². The predicted molar refractivity (Wildman–Crippen MR) is 90.5 cm³/mol. The molecule has 1 aliphatic heterocycles. The van der Waals surface area contributed by atoms with Gasteiger partial charge in [-0.25, -0.2) is 8.78 Å². The van der Waals surface area contributed by atoms with Crippen molar-refractivity contribution in [2.45, 2.75) is 38.9 Å². The summed E-state index contributed by atoms with van der Waals surface area (Å²) in [5.41, 5.74) is 2.05. The molecule has 1 fully saturated rings. The maximum absolute atomic E-state index is 14.0. The van der Waals surface area contributed by atoms with Crippen molar-refractivity contribution in [1.82, 2.24) is 15.2 Å². The van der Waals surface area contributed by atoms with E-state index in [0.717, 1.165) is 36.8 Å². The topological polar surface area (TPSA) is 45.2 Å². The Morgan fingerprint density at radius 3 is 2.88 bits per heavy atom. The maximum Gasteiger partial charge on any atom is 0.217 e. The fraction of sp³-hybridized carbons (Fsp3) is 0.368. The van der Waals surface area contributed by atoms with Gasteiger partial charge in [0.15, 0.2) is 11.6 Å². The van der Waals surface area contributed by atoms with Gasteiger partial charge in [-0.1, -0.05) is 18.2 Å². The van der Waals surface area contributed by atoms with E-state index in [0.29, 0.717) is 18.7 Å². The molecule has 0 spiro atoms. The molecule has 132 valence electrons. The van der Waals surface area contributed by atoms with E-state index in [1.807, 2.05) is 18.2 Å². The maximum atomic E-state index is 14.0. The second-order valence-corrected chi connectivity index (χ2v) is 6.30. The van der Waals surface area contributed by atoms with Crippen molar-refractivity contribution in [3.05, 3.63) is 65.0 Å². The van der Waals surface area contributed by atoms with Gasteiger partial charge in [-0.05, 0) is 37.6 Å². The van der Waals surface area contributed by atoms with E-state index >= 15 is 0 Å². The van der Waals surface area contributed by atoms with Gasteiger partial charge in [0.05, 0.1) is 24.0 Å². The number of carbonyl (C=O) groups is 1. The largest absolute Gasteiger partial charge is 0.351 e. The van der Waals surface area contributed by atoms with E-state index < -0.39 is 11.6 Å². The van der Waals surface area contributed by atoms with Gasteiger partial charge in [-0.15, -0.1) is 0 Å². The number of carbonyl (C=O) groups excluding carboxylic acids is 1. The third-order valence-corrected chi connectivity index (χ3v) is 4.46. The highest BCUT2D eigenvalue weighted by Gasteiger charge is 2.28. The molecule has 1 amide bonds. The number of benzene rings is 1. The summed E-state index contributed by atoms with van der Waals surface area (Å²) >= 11 is 0. The Kier molecular flexibility index (Phi) is 5.38. The minimum atomic E-state index is -0.816. The summed E-state index contributed by atoms with van der Waals surface area (Å²) in [6.45, 7) is 3.02. The Bertz CT molecular complexity index is 766. The summed E-state index contributed by atoms with van der Waals surface area (Å²) in [7, 11) is 0. The molecule has 1 atom stereocenters. The number of halogens is 2. The summed E-state index contributed by atoms with van der Waals surface area (Å²) in [6.07, 6.45) is 1.91. The van der Waals surface area contributed by atoms with Crippen LogP contribution in [0.2, 0.25) is 0 Å². The molecule has 1 aromatic heterocycles. The number of rotatable bonds is 5. The van der Waals surface area contributed by atoms with Crippen molar-refractivity contribution in [3.8, 4) is 0 Å². The number of pyridine rings is 1. The highest BCUT2D eigenvalue weighted by molar-refractivity contribution is 5.72. The predicted octanol–water partition coefficient (Wildman–Crippen LogP) is 3.33. The van der Waals surface area contributed by atoms with Gasteiger partial charge in [0, 0.05) is 19.0 Å². The van der Waals surface area contributed by atoms with Crippen molar-refractivity contribution in [1.29, 1.82) is 0 Å². The SMILES string of the molecule is CC(=O)NCc1cccc([C@H]2CCCN2Cc2cccc(F)c2F)n1. The molecule has 25 heavy (non-hydrogen) atoms. The van der Waals surface area contributed by atoms with Crippen molar-refractivity contribution in [2.24, 2.45) is 0 Å². The highest BCUT2D eigenvalue weighted by Crippen LogP contribution is 2.32. The van der Waals surface area contributed by atoms with Crippen molar-refractivity contribution >= 4 is 5.91 Å². The average Bonchev–Trinajstić information content (AvgIpc) is 3.06. The van der Waals surface area contributed by atoms with Crippen LogP contribution >= 0.6 is 0 Å². The standard InChI is InChI=1S/C19H21F2N3O/c1-13(25)22-11-15-6-3-8-17(23-15)18-9-4-10-24(18)12-14-5-2-7-16(20)19(14)21/h2-3,5-8,18H,4,9-12H2,1H3,(H,22,25)/t18-/m1/s1. The third kappa shape index (κ3) is 4.20. The van der Waals surface area contributed by atoms with Crippen LogP contribution in [0, 0.1) is 11.6 Å². The van der Waals surface area contributed by atoms with Gasteiger partial charge >= 0.3 is 0 Å². The van der Waals surface area contributed by atoms with E-state index in [4.69, 9.17) is 0 Å². The number of nitrogens with one attached hydrogen (secondary N) is 1. The number of hydrogen-bond donors (Lipinski definition) is 1. The fourth-order valence-corrected chi connectivity index (χ4v) is 3.24. The van der Waals surface area contributed by atoms with Gasteiger partial charge in [-0.3, -0.25) is 14.7 Å². The number of nitrogens with zero attached hydrogens (tertiary/aromatic N) is 2. The lowest BCUT2D eigenvalue weighted by atomic mass is 10.1. The second kappa shape index (κ2) is 7.70. The van der Waals surface area contributed by atoms with Gasteiger partial charge < -0.3 is 5.32 Å². The van der Waals surface area contributed by atoms with Crippen LogP contribution in [0.15, 0.2) is 36.4 Å². The zero-order valence-electron chi connectivity index (χ0n) is 14.1. The fourth-order valence-electron chi connectivity index (χ4n) is 3.24. The van der Waals surface area contributed by atoms with Gasteiger partial charge in [0.2, 0.25) is 5.91 Å². The molecule has 1 saturated heterocycles. The first-order valence-corrected chi connectivity index (χ1v) is 8.42. The van der Waals surface area contributed by atoms with Crippen LogP contribution in [0.5, 0.6) is 0 Å². The second-order valence-electron chi connectivity index (χ2n) is 6.30. The van der Waals surface area contributed by atoms with Crippen LogP contribution < -0.4 is 5.32 Å². The summed E-state index contributed by atoms with van der Waals surface area (Å²) in [5.74, 6) is -1.69. The molecule has 1 aromatic carbocycles. The van der Waals surface area contributed by atoms with E-state index in [1.165, 1.54) is 13.0 Å². The normalized spacial score (nSPS) is 17.6. The molecule has 0 unspecified atom stereocenters. The zero-order chi connectivity index (χ0) is 17.8. The molecule has 6 heteroatoms. The molecule has 2 aromatic rings. The van der Waals surface area contributed by atoms with Gasteiger partial charge in [-0.2, -0.15) is 0 Å². The molecule has 4 nitrogen and oxygen atoms in total. The number of amides is 1. The number of aromatic nitrogens is 1. The highest BCUT2D eigenvalue weighted by atomic mass is 19.2. The molecular weight excluding hydrogens is 324 g/mol. The lowest BCUT2D eigenvalue weighted by molar-refractivity contribution is -0.119. The van der Waals surface area contributed by atoms with Crippen LogP contribution in [0.4, 0.5) is 8.78 Å². The lowest BCUT2D eigenvalue weighted by Gasteiger charge is -2.24. The molecule has 1 aliphatic rings. The van der Waals surface area contributed by atoms with Crippen LogP contribution in [-0.2, 0) is 17.9 Å². The lowest BCUT2D eigenvalue weighted by Crippen LogP contribution is -2.25. The van der Waals surface area contributed by atoms with Crippen LogP contribution in [0.25, 0.3) is 0 Å². The van der Waals surface area contributed by atoms with Gasteiger partial charge in [0.1, 0.15) is 0 Å². The summed E-state index contributed by atoms with van der Waals surface area (Å²) in [5, 5.41) is 2.74. The average molecular weight is 345 g/mol. The van der Waals surface area contributed by atoms with Gasteiger partial charge in [0.25, 0.3) is 0 Å². The van der Waals surface area contributed by atoms with Crippen molar-refractivity contribution in [2.75, 3.05) is 6.54 Å². The molecule has 0 radical (unpaired) electrons. The molecule has 0 saturated carbocycles. The molecule has 0 aliphatic carbocycles. The van der Waals surface area contributed by atoms with Crippen molar-refractivity contribution in [3.63, 3.8) is 0 Å². The molecule has 3 rings (SSSR count). The Morgan fingerprint density at radius 2 is 2.08 bits per heavy atom. The van der Waals surface area contributed by atoms with Crippen molar-refractivity contribution < 1.29 is 13.6 Å². The van der Waals surface area contributed by atoms with Crippen LogP contribution in [-0.4, -0.2) is 22.3 Å². The molecule has 0 bridgehead atoms. The zero-order valence-corrected chi connectivity index (χ0v) is 14.1. The Labute approximate surface area is 145 Å². The van der Waals surface area contributed by atoms with E-state index in [-0.39, 0.29) is 11.9 Å². The minimum absolute atomic E-state index is 0.0694. The smallest absolute Gasteiger partial charge is 0.217 e. The number of likely N-dealkylation sites (tertiary alicyclic amines) is 1. The van der Waals surface area contributed by atoms with E-state index in [2.05, 4.69) is 15.2 Å². The van der Waals surface area contributed by atoms with Crippen LogP contribution in [0.1, 0.15) is 42.8 Å². The molecular formula is C19H21F2N3O. The number of hydrogen-bond acceptors (Lipinski definition) is 3. The molecule has 1 N–H and O–H groups in total. The Hall–Kier alpha value is -2.34. The first-order chi connectivity index (χ1) is 12.0. The summed E-state index contributed by atoms with van der Waals surface area (Å²) in [4.78, 5) is 17.8. The third-order valence-electron chi connectivity index (χ3n) is 4.46. The first kappa shape index (κ1) is 17.5. The summed E-state index contributed by atoms with van der Waals surface area (Å²) in [6, 6.07) is 10.1. The summed E-state index contributed by atoms with van der Waals surface area (Å²) < 4.78 is 27.4.